The van der Waals surface area contributed by atoms with Gasteiger partial charge in [-0.25, -0.2) is 4.98 Å². The molecule has 1 saturated heterocycles. The van der Waals surface area contributed by atoms with E-state index in [1.54, 1.807) is 7.11 Å². The zero-order valence-electron chi connectivity index (χ0n) is 16.8. The van der Waals surface area contributed by atoms with Crippen LogP contribution in [-0.4, -0.2) is 61.9 Å². The second-order valence-corrected chi connectivity index (χ2v) is 7.52. The van der Waals surface area contributed by atoms with Crippen molar-refractivity contribution in [2.24, 2.45) is 5.92 Å². The van der Waals surface area contributed by atoms with Crippen LogP contribution < -0.4 is 10.2 Å². The van der Waals surface area contributed by atoms with Crippen LogP contribution in [0.2, 0.25) is 0 Å². The zero-order chi connectivity index (χ0) is 19.3. The second-order valence-electron chi connectivity index (χ2n) is 7.52. The van der Waals surface area contributed by atoms with E-state index in [2.05, 4.69) is 64.8 Å². The number of aromatic nitrogens is 1. The SMILES string of the molecule is C=CCNc1cccnc1N1CCN(CC2C=CC(C)(OC)C(C)=C2)CC1. The molecule has 0 radical (unpaired) electrons. The minimum Gasteiger partial charge on any atom is -0.379 e. The number of rotatable bonds is 7. The van der Waals surface area contributed by atoms with Crippen LogP contribution in [0.25, 0.3) is 0 Å². The van der Waals surface area contributed by atoms with Gasteiger partial charge in [0.25, 0.3) is 0 Å². The van der Waals surface area contributed by atoms with Gasteiger partial charge in [-0.15, -0.1) is 6.58 Å². The average molecular weight is 369 g/mol. The molecule has 0 bridgehead atoms. The van der Waals surface area contributed by atoms with Gasteiger partial charge >= 0.3 is 0 Å². The lowest BCUT2D eigenvalue weighted by Crippen LogP contribution is -2.48. The van der Waals surface area contributed by atoms with Gasteiger partial charge in [-0.05, 0) is 31.6 Å². The lowest BCUT2D eigenvalue weighted by Gasteiger charge is -2.38. The van der Waals surface area contributed by atoms with Crippen molar-refractivity contribution in [3.63, 3.8) is 0 Å². The van der Waals surface area contributed by atoms with Crippen molar-refractivity contribution >= 4 is 11.5 Å². The maximum Gasteiger partial charge on any atom is 0.152 e. The number of methoxy groups -OCH3 is 1. The normalized spacial score (nSPS) is 26.0. The van der Waals surface area contributed by atoms with Crippen molar-refractivity contribution in [3.8, 4) is 0 Å². The number of nitrogens with one attached hydrogen (secondary N) is 1. The highest BCUT2D eigenvalue weighted by molar-refractivity contribution is 5.65. The largest absolute Gasteiger partial charge is 0.379 e. The fourth-order valence-corrected chi connectivity index (χ4v) is 3.73. The molecule has 1 N–H and O–H groups in total. The van der Waals surface area contributed by atoms with Gasteiger partial charge in [0.15, 0.2) is 5.82 Å². The van der Waals surface area contributed by atoms with E-state index in [0.29, 0.717) is 5.92 Å². The molecule has 0 amide bonds. The number of pyridine rings is 1. The predicted octanol–water partition coefficient (Wildman–Crippen LogP) is 3.34. The summed E-state index contributed by atoms with van der Waals surface area (Å²) in [5.41, 5.74) is 2.13. The number of hydrogen-bond donors (Lipinski definition) is 1. The summed E-state index contributed by atoms with van der Waals surface area (Å²) < 4.78 is 5.64. The molecule has 2 heterocycles. The van der Waals surface area contributed by atoms with Crippen LogP contribution in [0.15, 0.2) is 54.8 Å². The van der Waals surface area contributed by atoms with Crippen molar-refractivity contribution in [2.75, 3.05) is 56.6 Å². The first-order valence-electron chi connectivity index (χ1n) is 9.76. The van der Waals surface area contributed by atoms with E-state index in [9.17, 15) is 0 Å². The van der Waals surface area contributed by atoms with Crippen molar-refractivity contribution in [1.82, 2.24) is 9.88 Å². The molecule has 146 valence electrons. The number of piperazine rings is 1. The fraction of sp³-hybridized carbons (Fsp3) is 0.500. The Morgan fingerprint density at radius 1 is 1.37 bits per heavy atom. The molecule has 2 aliphatic rings. The molecule has 1 aliphatic heterocycles. The molecule has 5 nitrogen and oxygen atoms in total. The Balaban J connectivity index is 1.56. The summed E-state index contributed by atoms with van der Waals surface area (Å²) in [7, 11) is 1.77. The Kier molecular flexibility index (Phi) is 6.34. The van der Waals surface area contributed by atoms with E-state index in [0.717, 1.165) is 50.8 Å². The molecule has 27 heavy (non-hydrogen) atoms. The molecular formula is C22H32N4O. The molecule has 1 aromatic heterocycles. The van der Waals surface area contributed by atoms with E-state index < -0.39 is 0 Å². The minimum absolute atomic E-state index is 0.247. The standard InChI is InChI=1S/C22H32N4O/c1-5-10-23-20-7-6-11-24-21(20)26-14-12-25(13-15-26)17-19-8-9-22(3,27-4)18(2)16-19/h5-9,11,16,19,23H,1,10,12-15,17H2,2-4H3. The molecule has 5 heteroatoms. The van der Waals surface area contributed by atoms with Crippen LogP contribution in [0.1, 0.15) is 13.8 Å². The highest BCUT2D eigenvalue weighted by atomic mass is 16.5. The first-order chi connectivity index (χ1) is 13.1. The van der Waals surface area contributed by atoms with Gasteiger partial charge in [0.2, 0.25) is 0 Å². The Labute approximate surface area is 163 Å². The third-order valence-electron chi connectivity index (χ3n) is 5.70. The number of hydrogen-bond acceptors (Lipinski definition) is 5. The molecule has 1 aliphatic carbocycles. The molecule has 1 aromatic rings. The molecule has 0 spiro atoms. The van der Waals surface area contributed by atoms with Crippen molar-refractivity contribution in [2.45, 2.75) is 19.4 Å². The van der Waals surface area contributed by atoms with E-state index in [4.69, 9.17) is 4.74 Å². The van der Waals surface area contributed by atoms with Gasteiger partial charge in [0.05, 0.1) is 5.69 Å². The summed E-state index contributed by atoms with van der Waals surface area (Å²) >= 11 is 0. The minimum atomic E-state index is -0.247. The average Bonchev–Trinajstić information content (AvgIpc) is 2.70. The molecule has 2 atom stereocenters. The first-order valence-corrected chi connectivity index (χ1v) is 9.76. The van der Waals surface area contributed by atoms with Crippen LogP contribution in [0.3, 0.4) is 0 Å². The van der Waals surface area contributed by atoms with Crippen LogP contribution in [0.5, 0.6) is 0 Å². The van der Waals surface area contributed by atoms with Gasteiger partial charge in [-0.2, -0.15) is 0 Å². The van der Waals surface area contributed by atoms with E-state index in [1.165, 1.54) is 5.57 Å². The Morgan fingerprint density at radius 2 is 2.15 bits per heavy atom. The van der Waals surface area contributed by atoms with Crippen molar-refractivity contribution in [1.29, 1.82) is 0 Å². The third-order valence-corrected chi connectivity index (χ3v) is 5.70. The quantitative estimate of drug-likeness (QED) is 0.748. The maximum absolute atomic E-state index is 5.64. The second kappa shape index (κ2) is 8.72. The molecular weight excluding hydrogens is 336 g/mol. The van der Waals surface area contributed by atoms with Gasteiger partial charge < -0.3 is 15.0 Å². The third kappa shape index (κ3) is 4.60. The topological polar surface area (TPSA) is 40.6 Å². The maximum atomic E-state index is 5.64. The highest BCUT2D eigenvalue weighted by Crippen LogP contribution is 2.29. The predicted molar refractivity (Wildman–Crippen MR) is 113 cm³/mol. The zero-order valence-corrected chi connectivity index (χ0v) is 16.8. The summed E-state index contributed by atoms with van der Waals surface area (Å²) in [6.45, 7) is 14.0. The Hall–Kier alpha value is -2.11. The van der Waals surface area contributed by atoms with Crippen molar-refractivity contribution < 1.29 is 4.74 Å². The lowest BCUT2D eigenvalue weighted by molar-refractivity contribution is 0.0772. The summed E-state index contributed by atoms with van der Waals surface area (Å²) in [4.78, 5) is 9.53. The first kappa shape index (κ1) is 19.6. The van der Waals surface area contributed by atoms with Crippen LogP contribution >= 0.6 is 0 Å². The monoisotopic (exact) mass is 368 g/mol. The highest BCUT2D eigenvalue weighted by Gasteiger charge is 2.28. The fourth-order valence-electron chi connectivity index (χ4n) is 3.73. The van der Waals surface area contributed by atoms with E-state index in [-0.39, 0.29) is 5.60 Å². The Bertz CT molecular complexity index is 706. The molecule has 1 fully saturated rings. The molecule has 3 rings (SSSR count). The van der Waals surface area contributed by atoms with E-state index >= 15 is 0 Å². The van der Waals surface area contributed by atoms with E-state index in [1.807, 2.05) is 18.3 Å². The number of ether oxygens (including phenoxy) is 1. The van der Waals surface area contributed by atoms with Gasteiger partial charge in [0.1, 0.15) is 5.60 Å². The summed E-state index contributed by atoms with van der Waals surface area (Å²) in [5, 5.41) is 3.39. The summed E-state index contributed by atoms with van der Waals surface area (Å²) in [6.07, 6.45) is 10.6. The van der Waals surface area contributed by atoms with Crippen molar-refractivity contribution in [3.05, 3.63) is 54.8 Å². The van der Waals surface area contributed by atoms with Gasteiger partial charge in [-0.3, -0.25) is 4.90 Å². The van der Waals surface area contributed by atoms with Gasteiger partial charge in [-0.1, -0.05) is 24.3 Å². The van der Waals surface area contributed by atoms with Gasteiger partial charge in [0, 0.05) is 58.5 Å². The van der Waals surface area contributed by atoms with Crippen LogP contribution in [0.4, 0.5) is 11.5 Å². The summed E-state index contributed by atoms with van der Waals surface area (Å²) in [6, 6.07) is 4.06. The van der Waals surface area contributed by atoms with Crippen LogP contribution in [-0.2, 0) is 4.74 Å². The molecule has 0 aromatic carbocycles. The number of anilines is 2. The lowest BCUT2D eigenvalue weighted by atomic mass is 9.86. The Morgan fingerprint density at radius 3 is 2.81 bits per heavy atom. The smallest absolute Gasteiger partial charge is 0.152 e. The molecule has 0 saturated carbocycles. The van der Waals surface area contributed by atoms with Crippen LogP contribution in [0, 0.1) is 5.92 Å². The number of nitrogens with zero attached hydrogens (tertiary/aromatic N) is 3. The molecule has 2 unspecified atom stereocenters. The summed E-state index contributed by atoms with van der Waals surface area (Å²) in [5.74, 6) is 1.50.